The minimum atomic E-state index is -0.439. The Bertz CT molecular complexity index is 435. The Labute approximate surface area is 119 Å². The van der Waals surface area contributed by atoms with Crippen LogP contribution < -0.4 is 10.9 Å². The van der Waals surface area contributed by atoms with E-state index in [1.165, 1.54) is 12.1 Å². The van der Waals surface area contributed by atoms with Crippen LogP contribution in [0.1, 0.15) is 32.8 Å². The van der Waals surface area contributed by atoms with E-state index in [9.17, 15) is 15.2 Å². The number of benzene rings is 1. The van der Waals surface area contributed by atoms with Gasteiger partial charge in [-0.15, -0.1) is 0 Å². The van der Waals surface area contributed by atoms with Crippen LogP contribution in [0.4, 0.5) is 5.69 Å². The molecule has 0 heterocycles. The average Bonchev–Trinajstić information content (AvgIpc) is 2.49. The number of nitrogens with zero attached hydrogens (tertiary/aromatic N) is 1. The lowest BCUT2D eigenvalue weighted by atomic mass is 10.0. The standard InChI is InChI=1S/C12H17N3O3.C2H6/c1-3-9(8-16)12(14-13-2)10-4-6-11(7-5-10)15(17)18;1-2/h4-7,13-14,16H,3,8H2,1-2H3;1-2H3/b12-9+;. The second-order valence-corrected chi connectivity index (χ2v) is 3.67. The summed E-state index contributed by atoms with van der Waals surface area (Å²) < 4.78 is 0. The van der Waals surface area contributed by atoms with Crippen molar-refractivity contribution in [2.45, 2.75) is 27.2 Å². The molecule has 112 valence electrons. The Hall–Kier alpha value is -1.92. The third-order valence-electron chi connectivity index (χ3n) is 2.59. The minimum Gasteiger partial charge on any atom is -0.392 e. The number of hydrazine groups is 1. The summed E-state index contributed by atoms with van der Waals surface area (Å²) in [5.74, 6) is 0. The molecule has 0 saturated heterocycles. The maximum absolute atomic E-state index is 10.6. The van der Waals surface area contributed by atoms with Gasteiger partial charge < -0.3 is 10.5 Å². The van der Waals surface area contributed by atoms with E-state index in [1.54, 1.807) is 19.2 Å². The lowest BCUT2D eigenvalue weighted by Gasteiger charge is -2.14. The molecule has 0 aliphatic heterocycles. The van der Waals surface area contributed by atoms with E-state index in [2.05, 4.69) is 10.9 Å². The van der Waals surface area contributed by atoms with Crippen LogP contribution in [0, 0.1) is 10.1 Å². The monoisotopic (exact) mass is 281 g/mol. The molecule has 0 fully saturated rings. The van der Waals surface area contributed by atoms with Gasteiger partial charge in [-0.2, -0.15) is 0 Å². The summed E-state index contributed by atoms with van der Waals surface area (Å²) in [5, 5.41) is 19.9. The molecule has 3 N–H and O–H groups in total. The van der Waals surface area contributed by atoms with Gasteiger partial charge in [0.15, 0.2) is 0 Å². The van der Waals surface area contributed by atoms with E-state index in [-0.39, 0.29) is 12.3 Å². The molecule has 0 radical (unpaired) electrons. The molecular weight excluding hydrogens is 258 g/mol. The number of aliphatic hydroxyl groups excluding tert-OH is 1. The number of rotatable bonds is 6. The van der Waals surface area contributed by atoms with Gasteiger partial charge in [-0.1, -0.05) is 20.8 Å². The zero-order chi connectivity index (χ0) is 15.5. The van der Waals surface area contributed by atoms with Gasteiger partial charge in [-0.25, -0.2) is 5.43 Å². The van der Waals surface area contributed by atoms with Gasteiger partial charge in [0.1, 0.15) is 0 Å². The first-order chi connectivity index (χ1) is 9.63. The number of nitro groups is 1. The normalized spacial score (nSPS) is 11.1. The molecular formula is C14H23N3O3. The predicted molar refractivity (Wildman–Crippen MR) is 80.9 cm³/mol. The number of nitro benzene ring substituents is 1. The van der Waals surface area contributed by atoms with Gasteiger partial charge in [-0.05, 0) is 29.7 Å². The van der Waals surface area contributed by atoms with Crippen LogP contribution in [0.3, 0.4) is 0 Å². The largest absolute Gasteiger partial charge is 0.392 e. The topological polar surface area (TPSA) is 87.4 Å². The van der Waals surface area contributed by atoms with Crippen LogP contribution in [-0.4, -0.2) is 23.7 Å². The fraction of sp³-hybridized carbons (Fsp3) is 0.429. The maximum atomic E-state index is 10.6. The molecule has 0 bridgehead atoms. The average molecular weight is 281 g/mol. The first-order valence-electron chi connectivity index (χ1n) is 6.64. The zero-order valence-corrected chi connectivity index (χ0v) is 12.4. The van der Waals surface area contributed by atoms with Gasteiger partial charge >= 0.3 is 0 Å². The van der Waals surface area contributed by atoms with E-state index < -0.39 is 4.92 Å². The summed E-state index contributed by atoms with van der Waals surface area (Å²) in [5.41, 5.74) is 8.17. The number of hydrogen-bond donors (Lipinski definition) is 3. The molecule has 0 saturated carbocycles. The van der Waals surface area contributed by atoms with E-state index in [1.807, 2.05) is 20.8 Å². The molecule has 6 nitrogen and oxygen atoms in total. The quantitative estimate of drug-likeness (QED) is 0.550. The molecule has 1 aromatic rings. The van der Waals surface area contributed by atoms with Crippen LogP contribution in [0.25, 0.3) is 5.70 Å². The highest BCUT2D eigenvalue weighted by atomic mass is 16.6. The Kier molecular flexibility index (Phi) is 8.98. The SMILES string of the molecule is CC.CC/C(CO)=C(\NNC)c1ccc([N+](=O)[O-])cc1. The Balaban J connectivity index is 0.00000172. The van der Waals surface area contributed by atoms with Crippen molar-refractivity contribution in [2.75, 3.05) is 13.7 Å². The first-order valence-corrected chi connectivity index (χ1v) is 6.64. The molecule has 1 rings (SSSR count). The zero-order valence-electron chi connectivity index (χ0n) is 12.4. The molecule has 0 aliphatic carbocycles. The second kappa shape index (κ2) is 9.94. The molecule has 0 amide bonds. The van der Waals surface area contributed by atoms with Gasteiger partial charge in [-0.3, -0.25) is 10.1 Å². The first kappa shape index (κ1) is 18.1. The van der Waals surface area contributed by atoms with Crippen molar-refractivity contribution in [3.05, 3.63) is 45.5 Å². The Morgan fingerprint density at radius 3 is 2.20 bits per heavy atom. The molecule has 0 aromatic heterocycles. The summed E-state index contributed by atoms with van der Waals surface area (Å²) in [6.07, 6.45) is 0.692. The lowest BCUT2D eigenvalue weighted by Crippen LogP contribution is -2.27. The third kappa shape index (κ3) is 4.99. The van der Waals surface area contributed by atoms with Crippen LogP contribution in [0.5, 0.6) is 0 Å². The van der Waals surface area contributed by atoms with Gasteiger partial charge in [0.2, 0.25) is 0 Å². The van der Waals surface area contributed by atoms with E-state index >= 15 is 0 Å². The summed E-state index contributed by atoms with van der Waals surface area (Å²) >= 11 is 0. The van der Waals surface area contributed by atoms with Crippen molar-refractivity contribution >= 4 is 11.4 Å². The molecule has 0 spiro atoms. The summed E-state index contributed by atoms with van der Waals surface area (Å²) in [6.45, 7) is 5.88. The van der Waals surface area contributed by atoms with Gasteiger partial charge in [0.25, 0.3) is 5.69 Å². The number of hydrogen-bond acceptors (Lipinski definition) is 5. The molecule has 20 heavy (non-hydrogen) atoms. The Morgan fingerprint density at radius 2 is 1.85 bits per heavy atom. The van der Waals surface area contributed by atoms with Crippen molar-refractivity contribution in [1.29, 1.82) is 0 Å². The number of aliphatic hydroxyl groups is 1. The summed E-state index contributed by atoms with van der Waals surface area (Å²) in [7, 11) is 1.72. The fourth-order valence-corrected chi connectivity index (χ4v) is 1.61. The summed E-state index contributed by atoms with van der Waals surface area (Å²) in [6, 6.07) is 6.20. The van der Waals surface area contributed by atoms with E-state index in [4.69, 9.17) is 0 Å². The summed E-state index contributed by atoms with van der Waals surface area (Å²) in [4.78, 5) is 10.1. The molecule has 0 atom stereocenters. The molecule has 6 heteroatoms. The van der Waals surface area contributed by atoms with Gasteiger partial charge in [0.05, 0.1) is 17.2 Å². The smallest absolute Gasteiger partial charge is 0.269 e. The van der Waals surface area contributed by atoms with E-state index in [0.29, 0.717) is 6.42 Å². The van der Waals surface area contributed by atoms with Crippen LogP contribution in [-0.2, 0) is 0 Å². The molecule has 0 unspecified atom stereocenters. The lowest BCUT2D eigenvalue weighted by molar-refractivity contribution is -0.384. The highest BCUT2D eigenvalue weighted by Crippen LogP contribution is 2.20. The third-order valence-corrected chi connectivity index (χ3v) is 2.59. The van der Waals surface area contributed by atoms with Crippen LogP contribution >= 0.6 is 0 Å². The Morgan fingerprint density at radius 1 is 1.30 bits per heavy atom. The van der Waals surface area contributed by atoms with E-state index in [0.717, 1.165) is 16.8 Å². The highest BCUT2D eigenvalue weighted by Gasteiger charge is 2.09. The second-order valence-electron chi connectivity index (χ2n) is 3.67. The maximum Gasteiger partial charge on any atom is 0.269 e. The van der Waals surface area contributed by atoms with Crippen molar-refractivity contribution in [3.8, 4) is 0 Å². The van der Waals surface area contributed by atoms with Crippen molar-refractivity contribution in [1.82, 2.24) is 10.9 Å². The highest BCUT2D eigenvalue weighted by molar-refractivity contribution is 5.67. The van der Waals surface area contributed by atoms with Crippen molar-refractivity contribution in [3.63, 3.8) is 0 Å². The van der Waals surface area contributed by atoms with Crippen molar-refractivity contribution in [2.24, 2.45) is 0 Å². The van der Waals surface area contributed by atoms with Crippen LogP contribution in [0.2, 0.25) is 0 Å². The number of nitrogens with one attached hydrogen (secondary N) is 2. The minimum absolute atomic E-state index is 0.0459. The molecule has 1 aromatic carbocycles. The predicted octanol–water partition coefficient (Wildman–Crippen LogP) is 2.46. The van der Waals surface area contributed by atoms with Gasteiger partial charge in [0, 0.05) is 19.2 Å². The number of non-ortho nitro benzene ring substituents is 1. The fourth-order valence-electron chi connectivity index (χ4n) is 1.61. The van der Waals surface area contributed by atoms with Crippen LogP contribution in [0.15, 0.2) is 29.8 Å². The molecule has 0 aliphatic rings. The van der Waals surface area contributed by atoms with Crippen molar-refractivity contribution < 1.29 is 10.0 Å².